The van der Waals surface area contributed by atoms with Crippen molar-refractivity contribution >= 4 is 46.9 Å². The Kier molecular flexibility index (Phi) is 8.49. The van der Waals surface area contributed by atoms with Crippen LogP contribution in [0.2, 0.25) is 0 Å². The van der Waals surface area contributed by atoms with E-state index in [9.17, 15) is 0 Å². The highest BCUT2D eigenvalue weighted by molar-refractivity contribution is 5.87. The van der Waals surface area contributed by atoms with Crippen LogP contribution in [-0.2, 0) is 5.41 Å². The average Bonchev–Trinajstić information content (AvgIpc) is 3.40. The summed E-state index contributed by atoms with van der Waals surface area (Å²) >= 11 is 0. The lowest BCUT2D eigenvalue weighted by Crippen LogP contribution is -2.16. The van der Waals surface area contributed by atoms with Gasteiger partial charge in [0.1, 0.15) is 0 Å². The Balaban J connectivity index is 1.15. The summed E-state index contributed by atoms with van der Waals surface area (Å²) in [5, 5.41) is 0. The van der Waals surface area contributed by atoms with Gasteiger partial charge in [-0.3, -0.25) is 0 Å². The summed E-state index contributed by atoms with van der Waals surface area (Å²) in [6, 6.07) is 52.9. The second kappa shape index (κ2) is 13.5. The smallest absolute Gasteiger partial charge is 0.0465 e. The molecule has 50 heavy (non-hydrogen) atoms. The maximum atomic E-state index is 2.42. The van der Waals surface area contributed by atoms with Crippen molar-refractivity contribution in [2.75, 3.05) is 4.90 Å². The van der Waals surface area contributed by atoms with Gasteiger partial charge in [-0.1, -0.05) is 166 Å². The van der Waals surface area contributed by atoms with E-state index in [-0.39, 0.29) is 5.41 Å². The van der Waals surface area contributed by atoms with Gasteiger partial charge in [0.2, 0.25) is 0 Å². The van der Waals surface area contributed by atoms with E-state index in [1.807, 2.05) is 0 Å². The first-order valence-electron chi connectivity index (χ1n) is 17.7. The van der Waals surface area contributed by atoms with Crippen LogP contribution in [-0.4, -0.2) is 0 Å². The van der Waals surface area contributed by atoms with Gasteiger partial charge in [0.15, 0.2) is 0 Å². The van der Waals surface area contributed by atoms with Crippen molar-refractivity contribution < 1.29 is 0 Å². The number of fused-ring (bicyclic) bond motifs is 3. The van der Waals surface area contributed by atoms with Gasteiger partial charge in [-0.05, 0) is 105 Å². The maximum Gasteiger partial charge on any atom is 0.0465 e. The molecule has 0 saturated carbocycles. The largest absolute Gasteiger partial charge is 0.310 e. The van der Waals surface area contributed by atoms with Crippen molar-refractivity contribution in [3.8, 4) is 11.1 Å². The molecule has 0 spiro atoms. The Labute approximate surface area is 296 Å². The van der Waals surface area contributed by atoms with Crippen LogP contribution in [0.15, 0.2) is 164 Å². The van der Waals surface area contributed by atoms with Gasteiger partial charge in [0, 0.05) is 22.5 Å². The van der Waals surface area contributed by atoms with E-state index in [0.717, 1.165) is 29.9 Å². The van der Waals surface area contributed by atoms with E-state index in [1.54, 1.807) is 0 Å². The molecule has 0 unspecified atom stereocenters. The third-order valence-electron chi connectivity index (χ3n) is 10.1. The molecule has 8 rings (SSSR count). The van der Waals surface area contributed by atoms with Gasteiger partial charge >= 0.3 is 0 Å². The van der Waals surface area contributed by atoms with E-state index < -0.39 is 0 Å². The normalized spacial score (nSPS) is 14.5. The third kappa shape index (κ3) is 6.31. The molecule has 0 saturated heterocycles. The van der Waals surface area contributed by atoms with Crippen LogP contribution in [0.25, 0.3) is 41.0 Å². The molecular weight excluding hydrogens is 603 g/mol. The lowest BCUT2D eigenvalue weighted by molar-refractivity contribution is 0.660. The Hall–Kier alpha value is -5.92. The summed E-state index contributed by atoms with van der Waals surface area (Å²) in [6.45, 7) is 4.73. The lowest BCUT2D eigenvalue weighted by atomic mass is 9.81. The molecule has 0 amide bonds. The van der Waals surface area contributed by atoms with Gasteiger partial charge in [0.25, 0.3) is 0 Å². The zero-order chi connectivity index (χ0) is 33.9. The molecule has 0 atom stereocenters. The van der Waals surface area contributed by atoms with Crippen molar-refractivity contribution in [2.45, 2.75) is 32.1 Å². The van der Waals surface area contributed by atoms with Gasteiger partial charge in [-0.2, -0.15) is 0 Å². The summed E-state index contributed by atoms with van der Waals surface area (Å²) < 4.78 is 0. The molecule has 6 aromatic rings. The summed E-state index contributed by atoms with van der Waals surface area (Å²) in [5.41, 5.74) is 16.0. The molecule has 0 bridgehead atoms. The monoisotopic (exact) mass is 643 g/mol. The molecule has 0 aromatic heterocycles. The molecular formula is C49H41N. The standard InChI is InChI=1S/C49H41N/c1-49(2)47-34-39(21-20-37-14-8-4-9-15-37)24-32-45(47)46-33-31-44(35-48(46)49)50(43-29-25-41(26-30-43)40-16-10-5-11-17-40)42-27-22-38(23-28-42)19-18-36-12-6-3-7-13-36/h3-4,6-10,12-35H,5,11H2,1-2H3/b19-18+,21-20+. The molecule has 0 aliphatic heterocycles. The molecule has 6 aromatic carbocycles. The van der Waals surface area contributed by atoms with Crippen molar-refractivity contribution in [3.63, 3.8) is 0 Å². The Morgan fingerprint density at radius 3 is 1.58 bits per heavy atom. The number of rotatable bonds is 8. The van der Waals surface area contributed by atoms with Crippen LogP contribution in [0, 0.1) is 0 Å². The quantitative estimate of drug-likeness (QED) is 0.149. The summed E-state index contributed by atoms with van der Waals surface area (Å²) in [6.07, 6.45) is 17.9. The molecule has 0 fully saturated rings. The maximum absolute atomic E-state index is 2.42. The van der Waals surface area contributed by atoms with Gasteiger partial charge in [-0.15, -0.1) is 0 Å². The second-order valence-corrected chi connectivity index (χ2v) is 13.8. The van der Waals surface area contributed by atoms with Crippen molar-refractivity contribution in [1.29, 1.82) is 0 Å². The van der Waals surface area contributed by atoms with E-state index in [1.165, 1.54) is 55.6 Å². The van der Waals surface area contributed by atoms with Crippen molar-refractivity contribution in [3.05, 3.63) is 203 Å². The number of hydrogen-bond donors (Lipinski definition) is 0. The van der Waals surface area contributed by atoms with Gasteiger partial charge in [0.05, 0.1) is 0 Å². The minimum absolute atomic E-state index is 0.140. The second-order valence-electron chi connectivity index (χ2n) is 13.8. The molecule has 1 nitrogen and oxygen atoms in total. The Bertz CT molecular complexity index is 2250. The summed E-state index contributed by atoms with van der Waals surface area (Å²) in [7, 11) is 0. The zero-order valence-electron chi connectivity index (χ0n) is 28.8. The molecule has 0 heterocycles. The minimum atomic E-state index is -0.140. The first-order chi connectivity index (χ1) is 24.5. The Morgan fingerprint density at radius 2 is 0.980 bits per heavy atom. The highest BCUT2D eigenvalue weighted by atomic mass is 15.1. The molecule has 0 radical (unpaired) electrons. The van der Waals surface area contributed by atoms with Crippen LogP contribution < -0.4 is 4.90 Å². The molecule has 0 N–H and O–H groups in total. The number of benzene rings is 6. The van der Waals surface area contributed by atoms with Crippen LogP contribution >= 0.6 is 0 Å². The number of anilines is 3. The van der Waals surface area contributed by atoms with Crippen LogP contribution in [0.1, 0.15) is 65.6 Å². The SMILES string of the molecule is CC1(C)c2cc(/C=C/c3ccccc3)ccc2-c2ccc(N(c3ccc(/C=C/c4ccccc4)cc3)c3ccc(C4=CCCC=C4)cc3)cc21. The molecule has 2 aliphatic rings. The predicted molar refractivity (Wildman–Crippen MR) is 216 cm³/mol. The van der Waals surface area contributed by atoms with Gasteiger partial charge < -0.3 is 4.90 Å². The van der Waals surface area contributed by atoms with Crippen LogP contribution in [0.5, 0.6) is 0 Å². The minimum Gasteiger partial charge on any atom is -0.310 e. The highest BCUT2D eigenvalue weighted by Crippen LogP contribution is 2.51. The highest BCUT2D eigenvalue weighted by Gasteiger charge is 2.36. The van der Waals surface area contributed by atoms with Gasteiger partial charge in [-0.25, -0.2) is 0 Å². The lowest BCUT2D eigenvalue weighted by Gasteiger charge is -2.28. The predicted octanol–water partition coefficient (Wildman–Crippen LogP) is 13.5. The molecule has 242 valence electrons. The zero-order valence-corrected chi connectivity index (χ0v) is 28.8. The van der Waals surface area contributed by atoms with E-state index in [4.69, 9.17) is 0 Å². The third-order valence-corrected chi connectivity index (χ3v) is 10.1. The van der Waals surface area contributed by atoms with E-state index >= 15 is 0 Å². The van der Waals surface area contributed by atoms with E-state index in [0.29, 0.717) is 0 Å². The Morgan fingerprint density at radius 1 is 0.480 bits per heavy atom. The fourth-order valence-electron chi connectivity index (χ4n) is 7.31. The number of allylic oxidation sites excluding steroid dienone is 4. The topological polar surface area (TPSA) is 3.24 Å². The number of nitrogens with zero attached hydrogens (tertiary/aromatic N) is 1. The molecule has 2 aliphatic carbocycles. The fourth-order valence-corrected chi connectivity index (χ4v) is 7.31. The van der Waals surface area contributed by atoms with Crippen LogP contribution in [0.3, 0.4) is 0 Å². The first kappa shape index (κ1) is 31.4. The summed E-state index contributed by atoms with van der Waals surface area (Å²) in [5.74, 6) is 0. The number of hydrogen-bond acceptors (Lipinski definition) is 1. The van der Waals surface area contributed by atoms with Crippen molar-refractivity contribution in [1.82, 2.24) is 0 Å². The van der Waals surface area contributed by atoms with E-state index in [2.05, 4.69) is 207 Å². The van der Waals surface area contributed by atoms with Crippen LogP contribution in [0.4, 0.5) is 17.1 Å². The van der Waals surface area contributed by atoms with Crippen molar-refractivity contribution in [2.24, 2.45) is 0 Å². The fraction of sp³-hybridized carbons (Fsp3) is 0.102. The average molecular weight is 644 g/mol. The summed E-state index contributed by atoms with van der Waals surface area (Å²) in [4.78, 5) is 2.40. The first-order valence-corrected chi connectivity index (χ1v) is 17.7. The molecule has 1 heteroatoms.